The fourth-order valence-electron chi connectivity index (χ4n) is 3.32. The highest BCUT2D eigenvalue weighted by Crippen LogP contribution is 2.32. The second-order valence-corrected chi connectivity index (χ2v) is 6.03. The van der Waals surface area contributed by atoms with Gasteiger partial charge in [0.15, 0.2) is 0 Å². The lowest BCUT2D eigenvalue weighted by Gasteiger charge is -2.31. The van der Waals surface area contributed by atoms with Crippen LogP contribution in [-0.4, -0.2) is 39.4 Å². The van der Waals surface area contributed by atoms with Crippen molar-refractivity contribution in [2.45, 2.75) is 13.3 Å². The van der Waals surface area contributed by atoms with Crippen LogP contribution < -0.4 is 0 Å². The highest BCUT2D eigenvalue weighted by Gasteiger charge is 2.28. The summed E-state index contributed by atoms with van der Waals surface area (Å²) in [5.74, 6) is 0.0577. The summed E-state index contributed by atoms with van der Waals surface area (Å²) >= 11 is 0. The Bertz CT molecular complexity index is 860. The third-order valence-electron chi connectivity index (χ3n) is 4.52. The number of carbonyl (C=O) groups excluding carboxylic acids is 1. The molecule has 2 aromatic rings. The standard InChI is InChI=1S/C18H18N4O/c1-12-4-3-5-15-14(12)6-7-22-17(15)8-16(19-10-18(22)23)13-9-20-21(2)11-13/h3-5,8-9,11H,6-7,10H2,1-2H3. The van der Waals surface area contributed by atoms with Crippen LogP contribution in [0, 0.1) is 6.92 Å². The Balaban J connectivity index is 1.88. The van der Waals surface area contributed by atoms with E-state index in [2.05, 4.69) is 35.2 Å². The van der Waals surface area contributed by atoms with Crippen molar-refractivity contribution < 1.29 is 4.79 Å². The van der Waals surface area contributed by atoms with Gasteiger partial charge < -0.3 is 4.90 Å². The first-order valence-electron chi connectivity index (χ1n) is 7.78. The molecule has 0 N–H and O–H groups in total. The number of allylic oxidation sites excluding steroid dienone is 1. The molecule has 0 aliphatic carbocycles. The highest BCUT2D eigenvalue weighted by molar-refractivity contribution is 6.14. The van der Waals surface area contributed by atoms with Gasteiger partial charge in [-0.1, -0.05) is 18.2 Å². The molecule has 1 aromatic carbocycles. The molecule has 23 heavy (non-hydrogen) atoms. The monoisotopic (exact) mass is 306 g/mol. The molecular weight excluding hydrogens is 288 g/mol. The molecule has 5 nitrogen and oxygen atoms in total. The Morgan fingerprint density at radius 2 is 2.13 bits per heavy atom. The lowest BCUT2D eigenvalue weighted by molar-refractivity contribution is -0.126. The number of carbonyl (C=O) groups is 1. The van der Waals surface area contributed by atoms with Gasteiger partial charge in [0.1, 0.15) is 6.54 Å². The fourth-order valence-corrected chi connectivity index (χ4v) is 3.32. The van der Waals surface area contributed by atoms with Crippen molar-refractivity contribution in [1.29, 1.82) is 0 Å². The van der Waals surface area contributed by atoms with E-state index in [0.717, 1.165) is 35.5 Å². The molecule has 3 heterocycles. The zero-order valence-corrected chi connectivity index (χ0v) is 13.3. The lowest BCUT2D eigenvalue weighted by Crippen LogP contribution is -2.36. The molecule has 1 aromatic heterocycles. The molecule has 0 bridgehead atoms. The first-order valence-corrected chi connectivity index (χ1v) is 7.78. The molecule has 0 radical (unpaired) electrons. The summed E-state index contributed by atoms with van der Waals surface area (Å²) in [5, 5.41) is 4.21. The van der Waals surface area contributed by atoms with Crippen LogP contribution in [0.2, 0.25) is 0 Å². The molecule has 0 fully saturated rings. The van der Waals surface area contributed by atoms with E-state index in [-0.39, 0.29) is 12.5 Å². The van der Waals surface area contributed by atoms with Crippen molar-refractivity contribution in [2.24, 2.45) is 12.0 Å². The van der Waals surface area contributed by atoms with Crippen molar-refractivity contribution in [2.75, 3.05) is 13.1 Å². The number of fused-ring (bicyclic) bond motifs is 3. The van der Waals surface area contributed by atoms with Gasteiger partial charge >= 0.3 is 0 Å². The van der Waals surface area contributed by atoms with Gasteiger partial charge in [-0.15, -0.1) is 0 Å². The van der Waals surface area contributed by atoms with Gasteiger partial charge in [-0.2, -0.15) is 5.10 Å². The molecule has 0 unspecified atom stereocenters. The first kappa shape index (κ1) is 13.9. The summed E-state index contributed by atoms with van der Waals surface area (Å²) in [4.78, 5) is 18.9. The minimum atomic E-state index is 0.0577. The predicted octanol–water partition coefficient (Wildman–Crippen LogP) is 1.96. The summed E-state index contributed by atoms with van der Waals surface area (Å²) < 4.78 is 1.75. The molecule has 1 amide bonds. The van der Waals surface area contributed by atoms with Crippen molar-refractivity contribution in [3.8, 4) is 0 Å². The van der Waals surface area contributed by atoms with Crippen LogP contribution in [0.15, 0.2) is 41.7 Å². The molecule has 4 rings (SSSR count). The maximum atomic E-state index is 12.5. The van der Waals surface area contributed by atoms with Crippen LogP contribution in [0.4, 0.5) is 0 Å². The molecule has 116 valence electrons. The van der Waals surface area contributed by atoms with E-state index >= 15 is 0 Å². The van der Waals surface area contributed by atoms with Crippen molar-refractivity contribution in [3.63, 3.8) is 0 Å². The SMILES string of the molecule is Cc1cccc2c1CCN1C(=O)CN=C(c3cnn(C)c3)C=C21. The van der Waals surface area contributed by atoms with E-state index in [9.17, 15) is 4.79 Å². The zero-order chi connectivity index (χ0) is 16.0. The number of rotatable bonds is 1. The van der Waals surface area contributed by atoms with Gasteiger partial charge in [-0.3, -0.25) is 14.5 Å². The minimum Gasteiger partial charge on any atom is -0.310 e. The maximum absolute atomic E-state index is 12.5. The number of aliphatic imine (C=N–C) groups is 1. The summed E-state index contributed by atoms with van der Waals surface area (Å²) in [5.41, 5.74) is 6.46. The molecule has 2 aliphatic heterocycles. The van der Waals surface area contributed by atoms with Gasteiger partial charge in [0, 0.05) is 30.9 Å². The highest BCUT2D eigenvalue weighted by atomic mass is 16.2. The van der Waals surface area contributed by atoms with Gasteiger partial charge in [-0.05, 0) is 30.5 Å². The summed E-state index contributed by atoms with van der Waals surface area (Å²) in [7, 11) is 1.88. The molecule has 2 aliphatic rings. The molecule has 0 atom stereocenters. The molecular formula is C18H18N4O. The van der Waals surface area contributed by atoms with Gasteiger partial charge in [0.05, 0.1) is 17.6 Å². The second kappa shape index (κ2) is 5.19. The summed E-state index contributed by atoms with van der Waals surface area (Å²) in [6.07, 6.45) is 6.64. The average Bonchev–Trinajstić information content (AvgIpc) is 2.90. The van der Waals surface area contributed by atoms with Gasteiger partial charge in [-0.25, -0.2) is 0 Å². The molecule has 0 saturated carbocycles. The Labute approximate surface area is 134 Å². The van der Waals surface area contributed by atoms with E-state index < -0.39 is 0 Å². The lowest BCUT2D eigenvalue weighted by atomic mass is 9.92. The first-order chi connectivity index (χ1) is 11.1. The number of hydrogen-bond acceptors (Lipinski definition) is 3. The van der Waals surface area contributed by atoms with E-state index in [0.29, 0.717) is 0 Å². The van der Waals surface area contributed by atoms with E-state index in [1.54, 1.807) is 10.9 Å². The minimum absolute atomic E-state index is 0.0577. The van der Waals surface area contributed by atoms with E-state index in [1.165, 1.54) is 11.1 Å². The van der Waals surface area contributed by atoms with E-state index in [4.69, 9.17) is 0 Å². The van der Waals surface area contributed by atoms with Crippen LogP contribution in [0.5, 0.6) is 0 Å². The Kier molecular flexibility index (Phi) is 3.15. The Morgan fingerprint density at radius 3 is 2.91 bits per heavy atom. The number of aromatic nitrogens is 2. The Hall–Kier alpha value is -2.69. The van der Waals surface area contributed by atoms with Crippen LogP contribution in [0.1, 0.15) is 22.3 Å². The van der Waals surface area contributed by atoms with Crippen LogP contribution in [0.25, 0.3) is 5.70 Å². The third kappa shape index (κ3) is 2.29. The number of aryl methyl sites for hydroxylation is 2. The third-order valence-corrected chi connectivity index (χ3v) is 4.52. The summed E-state index contributed by atoms with van der Waals surface area (Å²) in [6.45, 7) is 3.04. The number of nitrogens with zero attached hydrogens (tertiary/aromatic N) is 4. The average molecular weight is 306 g/mol. The smallest absolute Gasteiger partial charge is 0.248 e. The zero-order valence-electron chi connectivity index (χ0n) is 13.3. The van der Waals surface area contributed by atoms with Gasteiger partial charge in [0.25, 0.3) is 0 Å². The van der Waals surface area contributed by atoms with Gasteiger partial charge in [0.2, 0.25) is 5.91 Å². The maximum Gasteiger partial charge on any atom is 0.248 e. The summed E-state index contributed by atoms with van der Waals surface area (Å²) in [6, 6.07) is 6.28. The quantitative estimate of drug-likeness (QED) is 0.808. The molecule has 0 spiro atoms. The van der Waals surface area contributed by atoms with Crippen molar-refractivity contribution >= 4 is 17.3 Å². The van der Waals surface area contributed by atoms with Crippen LogP contribution in [-0.2, 0) is 18.3 Å². The van der Waals surface area contributed by atoms with Crippen LogP contribution in [0.3, 0.4) is 0 Å². The number of hydrogen-bond donors (Lipinski definition) is 0. The second-order valence-electron chi connectivity index (χ2n) is 6.03. The largest absolute Gasteiger partial charge is 0.310 e. The van der Waals surface area contributed by atoms with Crippen molar-refractivity contribution in [1.82, 2.24) is 14.7 Å². The molecule has 0 saturated heterocycles. The Morgan fingerprint density at radius 1 is 1.26 bits per heavy atom. The van der Waals surface area contributed by atoms with Crippen molar-refractivity contribution in [3.05, 3.63) is 58.9 Å². The predicted molar refractivity (Wildman–Crippen MR) is 89.2 cm³/mol. The number of amides is 1. The number of benzene rings is 1. The normalized spacial score (nSPS) is 17.1. The van der Waals surface area contributed by atoms with E-state index in [1.807, 2.05) is 24.2 Å². The van der Waals surface area contributed by atoms with Crippen LogP contribution >= 0.6 is 0 Å². The molecule has 5 heteroatoms. The topological polar surface area (TPSA) is 50.5 Å². The fraction of sp³-hybridized carbons (Fsp3) is 0.278.